The fourth-order valence-corrected chi connectivity index (χ4v) is 4.91. The van der Waals surface area contributed by atoms with Gasteiger partial charge in [0.1, 0.15) is 6.07 Å². The van der Waals surface area contributed by atoms with E-state index in [0.717, 1.165) is 0 Å². The van der Waals surface area contributed by atoms with Crippen LogP contribution in [0.5, 0.6) is 0 Å². The molecule has 0 bridgehead atoms. The van der Waals surface area contributed by atoms with Crippen molar-refractivity contribution in [2.24, 2.45) is 10.8 Å². The van der Waals surface area contributed by atoms with Crippen molar-refractivity contribution in [2.45, 2.75) is 38.9 Å². The fraction of sp³-hybridized carbons (Fsp3) is 0.500. The molecule has 6 nitrogen and oxygen atoms in total. The number of benzene rings is 1. The van der Waals surface area contributed by atoms with Gasteiger partial charge in [0.25, 0.3) is 0 Å². The van der Waals surface area contributed by atoms with Gasteiger partial charge in [-0.2, -0.15) is 18.4 Å². The number of carbonyl (C=O) groups is 1. The Balaban J connectivity index is 1.74. The van der Waals surface area contributed by atoms with Crippen LogP contribution in [0.25, 0.3) is 10.9 Å². The van der Waals surface area contributed by atoms with Crippen LogP contribution >= 0.6 is 0 Å². The molecule has 0 radical (unpaired) electrons. The van der Waals surface area contributed by atoms with Gasteiger partial charge >= 0.3 is 12.6 Å². The Kier molecular flexibility index (Phi) is 4.70. The predicted molar refractivity (Wildman–Crippen MR) is 108 cm³/mol. The predicted octanol–water partition coefficient (Wildman–Crippen LogP) is 4.05. The number of hydroxylamine groups is 2. The second kappa shape index (κ2) is 6.82. The molecule has 0 spiro atoms. The van der Waals surface area contributed by atoms with E-state index in [1.165, 1.54) is 5.06 Å². The lowest BCUT2D eigenvalue weighted by atomic mass is 9.94. The summed E-state index contributed by atoms with van der Waals surface area (Å²) in [6, 6.07) is 8.85. The van der Waals surface area contributed by atoms with E-state index in [4.69, 9.17) is 4.84 Å². The molecule has 164 valence electrons. The quantitative estimate of drug-likeness (QED) is 0.524. The van der Waals surface area contributed by atoms with Crippen LogP contribution in [0.15, 0.2) is 30.5 Å². The van der Waals surface area contributed by atoms with E-state index in [1.807, 2.05) is 0 Å². The molecule has 0 amide bonds. The average molecular weight is 432 g/mol. The molecule has 1 aliphatic carbocycles. The van der Waals surface area contributed by atoms with Crippen LogP contribution in [-0.4, -0.2) is 47.9 Å². The maximum Gasteiger partial charge on any atom is 0.396 e. The summed E-state index contributed by atoms with van der Waals surface area (Å²) in [5.74, 6) is 0. The third-order valence-corrected chi connectivity index (χ3v) is 6.60. The molecule has 2 aromatic rings. The summed E-state index contributed by atoms with van der Waals surface area (Å²) in [5, 5.41) is 11.3. The highest BCUT2D eigenvalue weighted by Crippen LogP contribution is 2.75. The number of aromatic nitrogens is 1. The minimum absolute atomic E-state index is 0.0126. The van der Waals surface area contributed by atoms with E-state index in [0.29, 0.717) is 22.2 Å². The van der Waals surface area contributed by atoms with Gasteiger partial charge < -0.3 is 9.74 Å². The molecule has 2 aliphatic rings. The second-order valence-electron chi connectivity index (χ2n) is 9.45. The number of nitriles is 1. The van der Waals surface area contributed by atoms with Crippen molar-refractivity contribution in [3.63, 3.8) is 0 Å². The van der Waals surface area contributed by atoms with Crippen molar-refractivity contribution < 1.29 is 22.8 Å². The monoisotopic (exact) mass is 432 g/mol. The molecule has 2 heterocycles. The van der Waals surface area contributed by atoms with Gasteiger partial charge in [0.2, 0.25) is 0 Å². The fourth-order valence-electron chi connectivity index (χ4n) is 4.91. The van der Waals surface area contributed by atoms with Gasteiger partial charge in [0.05, 0.1) is 16.5 Å². The van der Waals surface area contributed by atoms with Crippen molar-refractivity contribution >= 4 is 23.1 Å². The van der Waals surface area contributed by atoms with Gasteiger partial charge in [-0.15, -0.1) is 5.06 Å². The van der Waals surface area contributed by atoms with Crippen molar-refractivity contribution in [3.8, 4) is 6.07 Å². The number of carbonyl (C=O) groups excluding carboxylic acids is 1. The molecular formula is C22H23F3N4O2. The van der Waals surface area contributed by atoms with Crippen LogP contribution in [0.2, 0.25) is 0 Å². The molecule has 4 rings (SSSR count). The molecule has 1 saturated heterocycles. The largest absolute Gasteiger partial charge is 0.396 e. The Hall–Kier alpha value is -2.86. The zero-order valence-corrected chi connectivity index (χ0v) is 17.5. The maximum atomic E-state index is 14.3. The minimum Gasteiger partial charge on any atom is -0.370 e. The Morgan fingerprint density at radius 2 is 2.03 bits per heavy atom. The SMILES string of the molecule is CC(C)(C)N(CC12CN(c3ccc(C#N)c4ncccc34)CC1(C(F)(F)F)C2)OC=O. The molecule has 1 aromatic heterocycles. The van der Waals surface area contributed by atoms with Crippen molar-refractivity contribution in [3.05, 3.63) is 36.0 Å². The summed E-state index contributed by atoms with van der Waals surface area (Å²) >= 11 is 0. The van der Waals surface area contributed by atoms with Gasteiger partial charge in [0, 0.05) is 47.9 Å². The zero-order valence-electron chi connectivity index (χ0n) is 17.5. The number of piperidine rings is 1. The molecular weight excluding hydrogens is 409 g/mol. The van der Waals surface area contributed by atoms with Crippen LogP contribution in [0, 0.1) is 22.2 Å². The number of nitrogens with zero attached hydrogens (tertiary/aromatic N) is 4. The first-order valence-corrected chi connectivity index (χ1v) is 9.96. The first-order chi connectivity index (χ1) is 14.5. The van der Waals surface area contributed by atoms with E-state index < -0.39 is 22.5 Å². The first kappa shape index (κ1) is 21.4. The number of pyridine rings is 1. The number of hydrogen-bond donors (Lipinski definition) is 0. The average Bonchev–Trinajstić information content (AvgIpc) is 3.22. The third kappa shape index (κ3) is 3.21. The molecule has 2 unspecified atom stereocenters. The number of fused-ring (bicyclic) bond motifs is 2. The van der Waals surface area contributed by atoms with Crippen LogP contribution in [0.4, 0.5) is 18.9 Å². The number of alkyl halides is 3. The number of hydrogen-bond acceptors (Lipinski definition) is 6. The maximum absolute atomic E-state index is 14.3. The molecule has 1 aromatic carbocycles. The van der Waals surface area contributed by atoms with Gasteiger partial charge in [-0.05, 0) is 51.5 Å². The molecule has 31 heavy (non-hydrogen) atoms. The molecule has 0 N–H and O–H groups in total. The van der Waals surface area contributed by atoms with E-state index >= 15 is 0 Å². The van der Waals surface area contributed by atoms with Crippen LogP contribution in [0.1, 0.15) is 32.8 Å². The lowest BCUT2D eigenvalue weighted by Crippen LogP contribution is -2.46. The topological polar surface area (TPSA) is 69.5 Å². The highest BCUT2D eigenvalue weighted by atomic mass is 19.4. The molecule has 2 fully saturated rings. The van der Waals surface area contributed by atoms with Gasteiger partial charge in [-0.1, -0.05) is 0 Å². The molecule has 9 heteroatoms. The minimum atomic E-state index is -4.40. The standard InChI is InChI=1S/C22H23F3N4O2/c1-19(2,3)29(31-14-30)12-20-10-21(20,22(23,24)25)13-28(11-20)17-7-6-15(9-26)18-16(17)5-4-8-27-18/h4-8,14H,10-13H2,1-3H3. The van der Waals surface area contributed by atoms with Crippen LogP contribution < -0.4 is 4.90 Å². The van der Waals surface area contributed by atoms with Gasteiger partial charge in [-0.25, -0.2) is 0 Å². The van der Waals surface area contributed by atoms with E-state index in [1.54, 1.807) is 56.1 Å². The Morgan fingerprint density at radius 1 is 1.29 bits per heavy atom. The Morgan fingerprint density at radius 3 is 2.65 bits per heavy atom. The summed E-state index contributed by atoms with van der Waals surface area (Å²) in [5.41, 5.74) is -2.15. The smallest absolute Gasteiger partial charge is 0.370 e. The van der Waals surface area contributed by atoms with Crippen LogP contribution in [0.3, 0.4) is 0 Å². The number of anilines is 1. The third-order valence-electron chi connectivity index (χ3n) is 6.60. The van der Waals surface area contributed by atoms with Crippen LogP contribution in [-0.2, 0) is 9.63 Å². The zero-order chi connectivity index (χ0) is 22.7. The number of rotatable bonds is 5. The summed E-state index contributed by atoms with van der Waals surface area (Å²) in [6.07, 6.45) is -2.85. The van der Waals surface area contributed by atoms with Crippen molar-refractivity contribution in [1.29, 1.82) is 5.26 Å². The Labute approximate surface area is 178 Å². The van der Waals surface area contributed by atoms with E-state index in [9.17, 15) is 23.2 Å². The number of halogens is 3. The molecule has 1 saturated carbocycles. The summed E-state index contributed by atoms with van der Waals surface area (Å²) in [7, 11) is 0. The highest BCUT2D eigenvalue weighted by Gasteiger charge is 2.83. The van der Waals surface area contributed by atoms with Gasteiger partial charge in [0.15, 0.2) is 0 Å². The lowest BCUT2D eigenvalue weighted by Gasteiger charge is -2.35. The molecule has 2 atom stereocenters. The summed E-state index contributed by atoms with van der Waals surface area (Å²) < 4.78 is 42.8. The normalized spacial score (nSPS) is 25.4. The second-order valence-corrected chi connectivity index (χ2v) is 9.45. The van der Waals surface area contributed by atoms with Crippen molar-refractivity contribution in [2.75, 3.05) is 24.5 Å². The van der Waals surface area contributed by atoms with Gasteiger partial charge in [-0.3, -0.25) is 9.78 Å². The van der Waals surface area contributed by atoms with E-state index in [2.05, 4.69) is 11.1 Å². The highest BCUT2D eigenvalue weighted by molar-refractivity contribution is 5.95. The summed E-state index contributed by atoms with van der Waals surface area (Å²) in [6.45, 7) is 5.58. The lowest BCUT2D eigenvalue weighted by molar-refractivity contribution is -0.217. The first-order valence-electron chi connectivity index (χ1n) is 9.96. The molecule has 1 aliphatic heterocycles. The Bertz CT molecular complexity index is 1080. The van der Waals surface area contributed by atoms with Crippen molar-refractivity contribution in [1.82, 2.24) is 10.0 Å². The van der Waals surface area contributed by atoms with E-state index in [-0.39, 0.29) is 32.5 Å². The summed E-state index contributed by atoms with van der Waals surface area (Å²) in [4.78, 5) is 22.1.